The zero-order valence-corrected chi connectivity index (χ0v) is 17.2. The number of aromatic nitrogens is 2. The summed E-state index contributed by atoms with van der Waals surface area (Å²) < 4.78 is 40.9. The summed E-state index contributed by atoms with van der Waals surface area (Å²) in [5, 5.41) is 13.8. The number of alkyl halides is 3. The van der Waals surface area contributed by atoms with Crippen molar-refractivity contribution >= 4 is 45.7 Å². The van der Waals surface area contributed by atoms with Crippen LogP contribution in [0.1, 0.15) is 12.8 Å². The normalized spacial score (nSPS) is 13.9. The van der Waals surface area contributed by atoms with Crippen LogP contribution in [0.25, 0.3) is 0 Å². The number of halogens is 3. The molecule has 1 fully saturated rings. The summed E-state index contributed by atoms with van der Waals surface area (Å²) in [7, 11) is 0. The van der Waals surface area contributed by atoms with Gasteiger partial charge in [-0.05, 0) is 37.1 Å². The molecule has 1 aliphatic heterocycles. The number of likely N-dealkylation sites (tertiary alicyclic amines) is 1. The van der Waals surface area contributed by atoms with Crippen LogP contribution >= 0.6 is 23.1 Å². The molecule has 0 radical (unpaired) electrons. The highest BCUT2D eigenvalue weighted by Crippen LogP contribution is 2.29. The number of amides is 2. The van der Waals surface area contributed by atoms with Gasteiger partial charge in [0.25, 0.3) is 0 Å². The van der Waals surface area contributed by atoms with E-state index in [1.54, 1.807) is 4.90 Å². The van der Waals surface area contributed by atoms with Crippen LogP contribution in [0.2, 0.25) is 0 Å². The molecule has 8 nitrogen and oxygen atoms in total. The Kier molecular flexibility index (Phi) is 7.37. The van der Waals surface area contributed by atoms with E-state index in [-0.39, 0.29) is 29.9 Å². The molecule has 30 heavy (non-hydrogen) atoms. The second-order valence-corrected chi connectivity index (χ2v) is 8.42. The third-order valence-electron chi connectivity index (χ3n) is 3.97. The number of hydrogen-bond acceptors (Lipinski definition) is 8. The van der Waals surface area contributed by atoms with E-state index in [2.05, 4.69) is 25.6 Å². The molecule has 0 aliphatic carbocycles. The van der Waals surface area contributed by atoms with Gasteiger partial charge in [0.15, 0.2) is 4.34 Å². The van der Waals surface area contributed by atoms with E-state index >= 15 is 0 Å². The summed E-state index contributed by atoms with van der Waals surface area (Å²) in [5.41, 5.74) is 0.510. The summed E-state index contributed by atoms with van der Waals surface area (Å²) in [6.07, 6.45) is -2.75. The number of hydrogen-bond donors (Lipinski definition) is 2. The van der Waals surface area contributed by atoms with E-state index in [1.807, 2.05) is 0 Å². The van der Waals surface area contributed by atoms with Crippen molar-refractivity contribution in [1.29, 1.82) is 0 Å². The predicted molar refractivity (Wildman–Crippen MR) is 106 cm³/mol. The quantitative estimate of drug-likeness (QED) is 0.584. The minimum Gasteiger partial charge on any atom is -0.406 e. The first kappa shape index (κ1) is 22.2. The molecule has 2 aromatic rings. The fourth-order valence-corrected chi connectivity index (χ4v) is 4.21. The van der Waals surface area contributed by atoms with Crippen LogP contribution in [0.15, 0.2) is 28.6 Å². The van der Waals surface area contributed by atoms with E-state index < -0.39 is 6.36 Å². The summed E-state index contributed by atoms with van der Waals surface area (Å²) in [6, 6.07) is 5.20. The lowest BCUT2D eigenvalue weighted by Crippen LogP contribution is -2.39. The minimum atomic E-state index is -4.74. The van der Waals surface area contributed by atoms with Gasteiger partial charge in [0.05, 0.1) is 12.3 Å². The molecule has 0 unspecified atom stereocenters. The Hall–Kier alpha value is -2.54. The second-order valence-electron chi connectivity index (χ2n) is 6.22. The summed E-state index contributed by atoms with van der Waals surface area (Å²) in [5.74, 6) is -0.598. The van der Waals surface area contributed by atoms with E-state index in [0.717, 1.165) is 25.9 Å². The zero-order chi connectivity index (χ0) is 21.6. The number of nitrogens with one attached hydrogen (secondary N) is 2. The molecule has 0 spiro atoms. The lowest BCUT2D eigenvalue weighted by Gasteiger charge is -2.15. The fourth-order valence-electron chi connectivity index (χ4n) is 2.61. The van der Waals surface area contributed by atoms with Gasteiger partial charge >= 0.3 is 6.36 Å². The molecule has 162 valence electrons. The topological polar surface area (TPSA) is 96.5 Å². The smallest absolute Gasteiger partial charge is 0.406 e. The second kappa shape index (κ2) is 9.98. The maximum Gasteiger partial charge on any atom is 0.573 e. The lowest BCUT2D eigenvalue weighted by molar-refractivity contribution is -0.274. The maximum absolute atomic E-state index is 12.2. The molecular formula is C17H18F3N5O3S2. The molecule has 0 bridgehead atoms. The maximum atomic E-state index is 12.2. The number of anilines is 2. The molecule has 1 saturated heterocycles. The van der Waals surface area contributed by atoms with Gasteiger partial charge in [-0.2, -0.15) is 0 Å². The van der Waals surface area contributed by atoms with Crippen LogP contribution in [-0.4, -0.2) is 58.7 Å². The largest absolute Gasteiger partial charge is 0.573 e. The van der Waals surface area contributed by atoms with Gasteiger partial charge in [0, 0.05) is 18.8 Å². The Morgan fingerprint density at radius 2 is 1.87 bits per heavy atom. The number of ether oxygens (including phenoxy) is 1. The molecule has 13 heteroatoms. The van der Waals surface area contributed by atoms with Crippen LogP contribution < -0.4 is 15.4 Å². The van der Waals surface area contributed by atoms with Crippen LogP contribution in [0, 0.1) is 0 Å². The van der Waals surface area contributed by atoms with Gasteiger partial charge in [-0.1, -0.05) is 23.1 Å². The van der Waals surface area contributed by atoms with E-state index in [0.29, 0.717) is 15.2 Å². The highest BCUT2D eigenvalue weighted by atomic mass is 32.2. The highest BCUT2D eigenvalue weighted by molar-refractivity contribution is 8.01. The molecule has 3 rings (SSSR count). The third kappa shape index (κ3) is 7.06. The molecular weight excluding hydrogens is 443 g/mol. The van der Waals surface area contributed by atoms with Gasteiger partial charge in [-0.3, -0.25) is 9.59 Å². The average Bonchev–Trinajstić information content (AvgIpc) is 3.37. The third-order valence-corrected chi connectivity index (χ3v) is 5.94. The van der Waals surface area contributed by atoms with E-state index in [9.17, 15) is 22.8 Å². The molecule has 2 amide bonds. The molecule has 2 heterocycles. The monoisotopic (exact) mass is 461 g/mol. The first-order valence-electron chi connectivity index (χ1n) is 8.92. The Balaban J connectivity index is 1.41. The Morgan fingerprint density at radius 1 is 1.17 bits per heavy atom. The van der Waals surface area contributed by atoms with Gasteiger partial charge in [-0.15, -0.1) is 23.4 Å². The summed E-state index contributed by atoms with van der Waals surface area (Å²) in [4.78, 5) is 25.5. The van der Waals surface area contributed by atoms with Gasteiger partial charge in [0.2, 0.25) is 16.9 Å². The van der Waals surface area contributed by atoms with Crippen molar-refractivity contribution in [3.05, 3.63) is 24.3 Å². The molecule has 1 aromatic heterocycles. The number of carbonyl (C=O) groups is 2. The Bertz CT molecular complexity index is 870. The standard InChI is InChI=1S/C17H18F3N5O3S2/c18-17(19,20)28-12-5-3-11(4-6-12)22-15-23-24-16(30-15)29-10-13(26)21-9-14(27)25-7-1-2-8-25/h3-6H,1-2,7-10H2,(H,21,26)(H,22,23). The SMILES string of the molecule is O=C(CSc1nnc(Nc2ccc(OC(F)(F)F)cc2)s1)NCC(=O)N1CCCC1. The van der Waals surface area contributed by atoms with Crippen LogP contribution in [0.3, 0.4) is 0 Å². The Morgan fingerprint density at radius 3 is 2.53 bits per heavy atom. The van der Waals surface area contributed by atoms with Crippen molar-refractivity contribution in [2.45, 2.75) is 23.5 Å². The van der Waals surface area contributed by atoms with E-state index in [1.165, 1.54) is 47.4 Å². The molecule has 0 atom stereocenters. The lowest BCUT2D eigenvalue weighted by atomic mass is 10.3. The molecule has 2 N–H and O–H groups in total. The van der Waals surface area contributed by atoms with Crippen LogP contribution in [-0.2, 0) is 9.59 Å². The number of thioether (sulfide) groups is 1. The van der Waals surface area contributed by atoms with E-state index in [4.69, 9.17) is 0 Å². The van der Waals surface area contributed by atoms with Gasteiger partial charge < -0.3 is 20.3 Å². The van der Waals surface area contributed by atoms with Crippen LogP contribution in [0.5, 0.6) is 5.75 Å². The average molecular weight is 461 g/mol. The summed E-state index contributed by atoms with van der Waals surface area (Å²) in [6.45, 7) is 1.46. The number of nitrogens with zero attached hydrogens (tertiary/aromatic N) is 3. The van der Waals surface area contributed by atoms with Crippen LogP contribution in [0.4, 0.5) is 24.0 Å². The molecule has 0 saturated carbocycles. The minimum absolute atomic E-state index is 0.0175. The van der Waals surface area contributed by atoms with Crippen molar-refractivity contribution in [2.24, 2.45) is 0 Å². The van der Waals surface area contributed by atoms with Gasteiger partial charge in [-0.25, -0.2) is 0 Å². The number of benzene rings is 1. The van der Waals surface area contributed by atoms with Crippen molar-refractivity contribution in [2.75, 3.05) is 30.7 Å². The van der Waals surface area contributed by atoms with Crippen molar-refractivity contribution < 1.29 is 27.5 Å². The van der Waals surface area contributed by atoms with Gasteiger partial charge in [0.1, 0.15) is 5.75 Å². The first-order valence-corrected chi connectivity index (χ1v) is 10.7. The molecule has 1 aromatic carbocycles. The fraction of sp³-hybridized carbons (Fsp3) is 0.412. The first-order chi connectivity index (χ1) is 14.3. The molecule has 1 aliphatic rings. The Labute approximate surface area is 178 Å². The summed E-state index contributed by atoms with van der Waals surface area (Å²) >= 11 is 2.37. The highest BCUT2D eigenvalue weighted by Gasteiger charge is 2.31. The van der Waals surface area contributed by atoms with Crippen molar-refractivity contribution in [3.8, 4) is 5.75 Å². The number of rotatable bonds is 8. The van der Waals surface area contributed by atoms with Crippen molar-refractivity contribution in [3.63, 3.8) is 0 Å². The number of carbonyl (C=O) groups excluding carboxylic acids is 2. The zero-order valence-electron chi connectivity index (χ0n) is 15.6. The van der Waals surface area contributed by atoms with Crippen molar-refractivity contribution in [1.82, 2.24) is 20.4 Å². The predicted octanol–water partition coefficient (Wildman–Crippen LogP) is 3.01.